The molecule has 0 atom stereocenters. The van der Waals surface area contributed by atoms with Crippen LogP contribution in [0.4, 0.5) is 0 Å². The Balaban J connectivity index is 3.00. The summed E-state index contributed by atoms with van der Waals surface area (Å²) < 4.78 is 0. The van der Waals surface area contributed by atoms with Gasteiger partial charge in [-0.25, -0.2) is 0 Å². The van der Waals surface area contributed by atoms with Gasteiger partial charge in [-0.2, -0.15) is 0 Å². The molecule has 5 heteroatoms. The fourth-order valence-corrected chi connectivity index (χ4v) is 41.6. The van der Waals surface area contributed by atoms with Crippen LogP contribution in [0.25, 0.3) is 0 Å². The van der Waals surface area contributed by atoms with Gasteiger partial charge >= 0.3 is 0 Å². The van der Waals surface area contributed by atoms with Gasteiger partial charge in [0.05, 0.1) is 0 Å². The molecule has 30 valence electrons. The van der Waals surface area contributed by atoms with Gasteiger partial charge in [0.25, 0.3) is 0 Å². The van der Waals surface area contributed by atoms with Crippen LogP contribution in [0, 0.1) is 0 Å². The predicted octanol–water partition coefficient (Wildman–Crippen LogP) is -2.96. The lowest BCUT2D eigenvalue weighted by Gasteiger charge is -1.67. The summed E-state index contributed by atoms with van der Waals surface area (Å²) in [7, 11) is 5.18. The van der Waals surface area contributed by atoms with Gasteiger partial charge < -0.3 is 0 Å². The average molecular weight is 158 g/mol. The van der Waals surface area contributed by atoms with E-state index in [2.05, 4.69) is 5.29 Å². The molecule has 1 rings (SSSR count). The van der Waals surface area contributed by atoms with Crippen molar-refractivity contribution in [3.63, 3.8) is 0 Å². The maximum atomic E-state index is 2.65. The molecule has 0 fully saturated rings. The molecule has 0 bridgehead atoms. The summed E-state index contributed by atoms with van der Waals surface area (Å²) in [5.74, 6) is 0. The van der Waals surface area contributed by atoms with Crippen molar-refractivity contribution in [3.05, 3.63) is 5.29 Å². The van der Waals surface area contributed by atoms with Crippen molar-refractivity contribution in [2.24, 2.45) is 0 Å². The van der Waals surface area contributed by atoms with Crippen LogP contribution in [0.1, 0.15) is 0 Å². The van der Waals surface area contributed by atoms with Crippen molar-refractivity contribution < 1.29 is 0 Å². The normalized spacial score (nSPS) is 8.00. The van der Waals surface area contributed by atoms with E-state index in [1.807, 2.05) is 0 Å². The summed E-state index contributed by atoms with van der Waals surface area (Å²) in [6, 6.07) is 0. The lowest BCUT2D eigenvalue weighted by Crippen LogP contribution is -1.95. The van der Waals surface area contributed by atoms with Crippen LogP contribution in [-0.4, -0.2) is 41.6 Å². The molecule has 0 aliphatic heterocycles. The molecule has 0 aliphatic rings. The first-order valence-corrected chi connectivity index (χ1v) is 14.0. The fraction of sp³-hybridized carbons (Fsp3) is 0. The summed E-state index contributed by atoms with van der Waals surface area (Å²) in [5, 5.41) is 2.65. The highest BCUT2D eigenvalue weighted by atomic mass is 29.5. The first-order valence-electron chi connectivity index (χ1n) is 2.00. The topological polar surface area (TPSA) is 0 Å². The standard InChI is InChI=1S/CH6Si5/c1-2-4-6-5-3-1/h1-6H. The molecular weight excluding hydrogens is 152 g/mol. The quantitative estimate of drug-likeness (QED) is 0.354. The highest BCUT2D eigenvalue weighted by molar-refractivity contribution is 7.24. The molecule has 6 heavy (non-hydrogen) atoms. The third-order valence-corrected chi connectivity index (χ3v) is 30.0. The molecule has 0 nitrogen and oxygen atoms in total. The maximum Gasteiger partial charge on any atom is -0.0110 e. The van der Waals surface area contributed by atoms with Gasteiger partial charge in [0.2, 0.25) is 0 Å². The first kappa shape index (κ1) is 5.10. The van der Waals surface area contributed by atoms with E-state index in [4.69, 9.17) is 0 Å². The van der Waals surface area contributed by atoms with Crippen molar-refractivity contribution in [3.8, 4) is 0 Å². The van der Waals surface area contributed by atoms with Gasteiger partial charge in [0.1, 0.15) is 0 Å². The van der Waals surface area contributed by atoms with E-state index in [9.17, 15) is 0 Å². The van der Waals surface area contributed by atoms with Crippen LogP contribution in [0.3, 0.4) is 0 Å². The summed E-state index contributed by atoms with van der Waals surface area (Å²) >= 11 is 0. The molecule has 0 radical (unpaired) electrons. The third-order valence-electron chi connectivity index (χ3n) is 0.667. The lowest BCUT2D eigenvalue weighted by molar-refractivity contribution is 2.84. The Labute approximate surface area is 47.2 Å². The minimum Gasteiger partial charge on any atom is -0.106 e. The van der Waals surface area contributed by atoms with Gasteiger partial charge in [-0.15, -0.1) is 5.29 Å². The van der Waals surface area contributed by atoms with Crippen molar-refractivity contribution in [1.29, 1.82) is 0 Å². The van der Waals surface area contributed by atoms with Crippen molar-refractivity contribution >= 4 is 41.6 Å². The van der Waals surface area contributed by atoms with Crippen LogP contribution in [0.2, 0.25) is 0 Å². The van der Waals surface area contributed by atoms with E-state index < -0.39 is 0 Å². The molecule has 0 amide bonds. The smallest absolute Gasteiger partial charge is 0.0110 e. The summed E-state index contributed by atoms with van der Waals surface area (Å²) in [6.45, 7) is 0. The number of hydrogen-bond acceptors (Lipinski definition) is 0. The third kappa shape index (κ3) is 1.60. The molecule has 0 unspecified atom stereocenters. The molecule has 1 aromatic heterocycles. The second-order valence-electron chi connectivity index (χ2n) is 1.15. The van der Waals surface area contributed by atoms with Crippen molar-refractivity contribution in [1.82, 2.24) is 0 Å². The predicted molar refractivity (Wildman–Crippen MR) is 40.2 cm³/mol. The van der Waals surface area contributed by atoms with E-state index in [0.717, 1.165) is 41.6 Å². The van der Waals surface area contributed by atoms with Crippen LogP contribution in [0.5, 0.6) is 0 Å². The molecule has 1 aromatic rings. The fourth-order valence-electron chi connectivity index (χ4n) is 0.385. The Bertz CT molecular complexity index is 75.9. The van der Waals surface area contributed by atoms with Gasteiger partial charge in [0, 0.05) is 0 Å². The highest BCUT2D eigenvalue weighted by Gasteiger charge is 1.60. The van der Waals surface area contributed by atoms with Gasteiger partial charge in [-0.1, -0.05) is 0 Å². The Morgan fingerprint density at radius 1 is 0.833 bits per heavy atom. The second kappa shape index (κ2) is 3.02. The molecular formula is CH6Si5. The van der Waals surface area contributed by atoms with Crippen LogP contribution in [0.15, 0.2) is 5.29 Å². The minimum absolute atomic E-state index is 0.958. The Hall–Kier alpha value is 0.954. The summed E-state index contributed by atoms with van der Waals surface area (Å²) in [6.07, 6.45) is 0. The van der Waals surface area contributed by atoms with E-state index in [1.165, 1.54) is 0 Å². The second-order valence-corrected chi connectivity index (χ2v) is 20.8. The molecule has 0 saturated carbocycles. The van der Waals surface area contributed by atoms with Crippen LogP contribution in [-0.2, 0) is 0 Å². The SMILES string of the molecule is c1[siH][siH][siH][siH][siH]1. The molecule has 0 spiro atoms. The Kier molecular flexibility index (Phi) is 2.57. The number of rotatable bonds is 0. The van der Waals surface area contributed by atoms with E-state index in [-0.39, 0.29) is 0 Å². The highest BCUT2D eigenvalue weighted by Crippen LogP contribution is 1.38. The molecule has 0 saturated heterocycles. The maximum absolute atomic E-state index is 2.65. The molecule has 0 aromatic carbocycles. The van der Waals surface area contributed by atoms with Gasteiger partial charge in [-0.3, -0.25) is 0 Å². The molecule has 1 heterocycles. The molecule has 0 aliphatic carbocycles. The van der Waals surface area contributed by atoms with Crippen LogP contribution < -0.4 is 0 Å². The van der Waals surface area contributed by atoms with Gasteiger partial charge in [0.15, 0.2) is 0 Å². The average Bonchev–Trinajstić information content (AvgIpc) is 1.72. The largest absolute Gasteiger partial charge is 0.106 e. The van der Waals surface area contributed by atoms with Crippen molar-refractivity contribution in [2.75, 3.05) is 0 Å². The van der Waals surface area contributed by atoms with E-state index >= 15 is 0 Å². The zero-order valence-electron chi connectivity index (χ0n) is 3.46. The van der Waals surface area contributed by atoms with E-state index in [1.54, 1.807) is 0 Å². The van der Waals surface area contributed by atoms with Crippen LogP contribution >= 0.6 is 0 Å². The minimum atomic E-state index is 0.958. The Morgan fingerprint density at radius 3 is 1.67 bits per heavy atom. The Morgan fingerprint density at radius 2 is 1.50 bits per heavy atom. The monoisotopic (exact) mass is 158 g/mol. The lowest BCUT2D eigenvalue weighted by atomic mass is 11.9. The zero-order chi connectivity index (χ0) is 4.24. The first-order chi connectivity index (χ1) is 3.00. The van der Waals surface area contributed by atoms with E-state index in [0.29, 0.717) is 0 Å². The summed E-state index contributed by atoms with van der Waals surface area (Å²) in [4.78, 5) is 0. The number of hydrogen-bond donors (Lipinski definition) is 0. The molecule has 0 N–H and O–H groups in total. The zero-order valence-corrected chi connectivity index (χ0v) is 9.24. The summed E-state index contributed by atoms with van der Waals surface area (Å²) in [5.41, 5.74) is 0. The van der Waals surface area contributed by atoms with Gasteiger partial charge in [-0.05, 0) is 41.6 Å². The van der Waals surface area contributed by atoms with Crippen molar-refractivity contribution in [2.45, 2.75) is 0 Å².